The number of carbonyl (C=O) groups excluding carboxylic acids is 1. The fourth-order valence-electron chi connectivity index (χ4n) is 1.97. The molecule has 0 aliphatic rings. The van der Waals surface area contributed by atoms with Gasteiger partial charge in [0.05, 0.1) is 13.1 Å². The molecule has 4 nitrogen and oxygen atoms in total. The topological polar surface area (TPSA) is 50.4 Å². The van der Waals surface area contributed by atoms with E-state index in [1.807, 2.05) is 31.4 Å². The first-order valence-corrected chi connectivity index (χ1v) is 8.49. The number of alkyl carbamates (subject to hydrolysis) is 1. The van der Waals surface area contributed by atoms with E-state index in [0.717, 1.165) is 4.88 Å². The van der Waals surface area contributed by atoms with E-state index >= 15 is 0 Å². The molecule has 0 saturated carbocycles. The number of thiophene rings is 1. The van der Waals surface area contributed by atoms with E-state index in [4.69, 9.17) is 4.74 Å². The maximum absolute atomic E-state index is 14.0. The van der Waals surface area contributed by atoms with Crippen LogP contribution in [0.5, 0.6) is 0 Å². The third-order valence-electron chi connectivity index (χ3n) is 2.99. The molecule has 1 amide bonds. The van der Waals surface area contributed by atoms with Gasteiger partial charge in [-0.05, 0) is 38.1 Å². The van der Waals surface area contributed by atoms with Crippen molar-refractivity contribution < 1.29 is 18.3 Å². The Kier molecular flexibility index (Phi) is 6.95. The molecule has 0 bridgehead atoms. The summed E-state index contributed by atoms with van der Waals surface area (Å²) in [6, 6.07) is 3.70. The van der Waals surface area contributed by atoms with Crippen molar-refractivity contribution in [1.82, 2.24) is 10.6 Å². The molecule has 0 radical (unpaired) electrons. The van der Waals surface area contributed by atoms with Gasteiger partial charge in [0, 0.05) is 10.9 Å². The standard InChI is InChI=1S/C16H26F2N2O2S/c1-11(2)13(12-7-6-8-23-12)19-9-16(17,18)10-20-14(21)22-15(3,4)5/h6-8,11,13,19H,9-10H2,1-5H3,(H,20,21). The minimum atomic E-state index is -3.05. The Morgan fingerprint density at radius 2 is 1.96 bits per heavy atom. The summed E-state index contributed by atoms with van der Waals surface area (Å²) < 4.78 is 32.9. The lowest BCUT2D eigenvalue weighted by Gasteiger charge is -2.26. The van der Waals surface area contributed by atoms with E-state index in [2.05, 4.69) is 10.6 Å². The molecule has 1 aromatic heterocycles. The van der Waals surface area contributed by atoms with Gasteiger partial charge in [-0.1, -0.05) is 19.9 Å². The lowest BCUT2D eigenvalue weighted by molar-refractivity contribution is -0.00662. The second-order valence-electron chi connectivity index (χ2n) is 6.83. The predicted octanol–water partition coefficient (Wildman–Crippen LogP) is 4.19. The summed E-state index contributed by atoms with van der Waals surface area (Å²) in [6.45, 7) is 7.73. The molecule has 0 spiro atoms. The minimum Gasteiger partial charge on any atom is -0.444 e. The average molecular weight is 348 g/mol. The first-order valence-electron chi connectivity index (χ1n) is 7.62. The molecule has 0 fully saturated rings. The molecular weight excluding hydrogens is 322 g/mol. The van der Waals surface area contributed by atoms with Crippen molar-refractivity contribution in [3.05, 3.63) is 22.4 Å². The van der Waals surface area contributed by atoms with Gasteiger partial charge in [0.1, 0.15) is 5.60 Å². The number of rotatable bonds is 7. The Balaban J connectivity index is 2.49. The van der Waals surface area contributed by atoms with E-state index in [0.29, 0.717) is 0 Å². The normalized spacial score (nSPS) is 13.9. The summed E-state index contributed by atoms with van der Waals surface area (Å²) in [7, 11) is 0. The third-order valence-corrected chi connectivity index (χ3v) is 3.94. The highest BCUT2D eigenvalue weighted by atomic mass is 32.1. The van der Waals surface area contributed by atoms with Gasteiger partial charge in [0.15, 0.2) is 0 Å². The number of halogens is 2. The van der Waals surface area contributed by atoms with Crippen LogP contribution in [0.4, 0.5) is 13.6 Å². The molecule has 0 aromatic carbocycles. The summed E-state index contributed by atoms with van der Waals surface area (Å²) in [4.78, 5) is 12.5. The quantitative estimate of drug-likeness (QED) is 0.777. The molecule has 2 N–H and O–H groups in total. The average Bonchev–Trinajstić information content (AvgIpc) is 2.88. The number of hydrogen-bond acceptors (Lipinski definition) is 4. The zero-order valence-corrected chi connectivity index (χ0v) is 15.1. The lowest BCUT2D eigenvalue weighted by Crippen LogP contribution is -2.45. The summed E-state index contributed by atoms with van der Waals surface area (Å²) in [5.41, 5.74) is -0.709. The first-order chi connectivity index (χ1) is 10.5. The Hall–Kier alpha value is -1.21. The van der Waals surface area contributed by atoms with Gasteiger partial charge in [-0.2, -0.15) is 0 Å². The molecule has 1 aromatic rings. The van der Waals surface area contributed by atoms with Gasteiger partial charge < -0.3 is 15.4 Å². The van der Waals surface area contributed by atoms with Gasteiger partial charge in [-0.15, -0.1) is 11.3 Å². The Bertz CT molecular complexity index is 485. The number of nitrogens with one attached hydrogen (secondary N) is 2. The van der Waals surface area contributed by atoms with Crippen LogP contribution in [0.2, 0.25) is 0 Å². The van der Waals surface area contributed by atoms with Crippen molar-refractivity contribution >= 4 is 17.4 Å². The Morgan fingerprint density at radius 1 is 1.30 bits per heavy atom. The van der Waals surface area contributed by atoms with Crippen LogP contribution in [0.3, 0.4) is 0 Å². The minimum absolute atomic E-state index is 0.137. The maximum atomic E-state index is 14.0. The zero-order chi connectivity index (χ0) is 17.7. The summed E-state index contributed by atoms with van der Waals surface area (Å²) in [5, 5.41) is 6.95. The fourth-order valence-corrected chi connectivity index (χ4v) is 2.94. The van der Waals surface area contributed by atoms with Gasteiger partial charge in [-0.25, -0.2) is 13.6 Å². The highest BCUT2D eigenvalue weighted by molar-refractivity contribution is 7.10. The maximum Gasteiger partial charge on any atom is 0.407 e. The molecule has 0 saturated heterocycles. The number of amides is 1. The number of ether oxygens (including phenoxy) is 1. The van der Waals surface area contributed by atoms with Crippen LogP contribution in [-0.2, 0) is 4.74 Å². The molecule has 132 valence electrons. The van der Waals surface area contributed by atoms with Crippen LogP contribution >= 0.6 is 11.3 Å². The predicted molar refractivity (Wildman–Crippen MR) is 89.1 cm³/mol. The van der Waals surface area contributed by atoms with Crippen molar-refractivity contribution in [1.29, 1.82) is 0 Å². The Labute approximate surface area is 140 Å². The van der Waals surface area contributed by atoms with E-state index in [1.165, 1.54) is 11.3 Å². The van der Waals surface area contributed by atoms with E-state index in [9.17, 15) is 13.6 Å². The smallest absolute Gasteiger partial charge is 0.407 e. The van der Waals surface area contributed by atoms with Crippen molar-refractivity contribution in [2.24, 2.45) is 5.92 Å². The molecule has 1 atom stereocenters. The SMILES string of the molecule is CC(C)C(NCC(F)(F)CNC(=O)OC(C)(C)C)c1cccs1. The van der Waals surface area contributed by atoms with Gasteiger partial charge >= 0.3 is 6.09 Å². The van der Waals surface area contributed by atoms with Gasteiger partial charge in [0.25, 0.3) is 5.92 Å². The second kappa shape index (κ2) is 8.06. The van der Waals surface area contributed by atoms with Crippen LogP contribution in [0, 0.1) is 5.92 Å². The first kappa shape index (κ1) is 19.8. The highest BCUT2D eigenvalue weighted by Gasteiger charge is 2.32. The largest absolute Gasteiger partial charge is 0.444 e. The monoisotopic (exact) mass is 348 g/mol. The third kappa shape index (κ3) is 7.74. The van der Waals surface area contributed by atoms with Gasteiger partial charge in [0.2, 0.25) is 0 Å². The van der Waals surface area contributed by atoms with Crippen molar-refractivity contribution in [3.8, 4) is 0 Å². The second-order valence-corrected chi connectivity index (χ2v) is 7.81. The number of alkyl halides is 2. The molecule has 0 aliphatic heterocycles. The van der Waals surface area contributed by atoms with Crippen LogP contribution in [0.15, 0.2) is 17.5 Å². The van der Waals surface area contributed by atoms with Crippen LogP contribution in [0.1, 0.15) is 45.5 Å². The fraction of sp³-hybridized carbons (Fsp3) is 0.688. The molecule has 0 aliphatic carbocycles. The number of hydrogen-bond donors (Lipinski definition) is 2. The molecule has 1 rings (SSSR count). The molecule has 7 heteroatoms. The molecular formula is C16H26F2N2O2S. The van der Waals surface area contributed by atoms with E-state index < -0.39 is 30.7 Å². The Morgan fingerprint density at radius 3 is 2.43 bits per heavy atom. The van der Waals surface area contributed by atoms with Crippen LogP contribution < -0.4 is 10.6 Å². The van der Waals surface area contributed by atoms with Crippen LogP contribution in [-0.4, -0.2) is 30.7 Å². The van der Waals surface area contributed by atoms with E-state index in [1.54, 1.807) is 20.8 Å². The summed E-state index contributed by atoms with van der Waals surface area (Å²) in [6.07, 6.45) is -0.837. The van der Waals surface area contributed by atoms with Crippen molar-refractivity contribution in [3.63, 3.8) is 0 Å². The number of carbonyl (C=O) groups is 1. The summed E-state index contributed by atoms with van der Waals surface area (Å²) in [5.74, 6) is -2.87. The van der Waals surface area contributed by atoms with Crippen molar-refractivity contribution in [2.45, 2.75) is 52.2 Å². The van der Waals surface area contributed by atoms with Crippen molar-refractivity contribution in [2.75, 3.05) is 13.1 Å². The van der Waals surface area contributed by atoms with Gasteiger partial charge in [-0.3, -0.25) is 0 Å². The van der Waals surface area contributed by atoms with E-state index in [-0.39, 0.29) is 12.0 Å². The zero-order valence-electron chi connectivity index (χ0n) is 14.3. The lowest BCUT2D eigenvalue weighted by atomic mass is 10.0. The molecule has 1 unspecified atom stereocenters. The molecule has 1 heterocycles. The highest BCUT2D eigenvalue weighted by Crippen LogP contribution is 2.26. The summed E-state index contributed by atoms with van der Waals surface area (Å²) >= 11 is 1.54. The molecule has 23 heavy (non-hydrogen) atoms. The van der Waals surface area contributed by atoms with Crippen LogP contribution in [0.25, 0.3) is 0 Å².